The highest BCUT2D eigenvalue weighted by atomic mass is 19.1. The molecule has 1 aliphatic heterocycles. The minimum Gasteiger partial charge on any atom is -0.372 e. The first-order valence-corrected chi connectivity index (χ1v) is 8.95. The number of hydrogen-bond donors (Lipinski definition) is 0. The van der Waals surface area contributed by atoms with Crippen LogP contribution in [-0.4, -0.2) is 21.1 Å². The van der Waals surface area contributed by atoms with Crippen LogP contribution in [0.25, 0.3) is 21.9 Å². The molecule has 0 saturated carbocycles. The first-order chi connectivity index (χ1) is 13.3. The van der Waals surface area contributed by atoms with Gasteiger partial charge in [-0.1, -0.05) is 24.3 Å². The van der Waals surface area contributed by atoms with Gasteiger partial charge in [-0.15, -0.1) is 0 Å². The molecule has 136 valence electrons. The van der Waals surface area contributed by atoms with Gasteiger partial charge in [-0.05, 0) is 29.3 Å². The maximum Gasteiger partial charge on any atom is 0.136 e. The number of halogens is 1. The monoisotopic (exact) mass is 363 g/mol. The lowest BCUT2D eigenvalue weighted by Crippen LogP contribution is -2.16. The molecule has 0 fully saturated rings. The summed E-state index contributed by atoms with van der Waals surface area (Å²) in [4.78, 5) is 9.26. The minimum atomic E-state index is -0.240. The van der Waals surface area contributed by atoms with Gasteiger partial charge in [0.25, 0.3) is 0 Å². The Morgan fingerprint density at radius 1 is 1.07 bits per heavy atom. The third-order valence-corrected chi connectivity index (χ3v) is 4.90. The smallest absolute Gasteiger partial charge is 0.136 e. The Balaban J connectivity index is 1.51. The van der Waals surface area contributed by atoms with Crippen LogP contribution >= 0.6 is 0 Å². The molecule has 0 radical (unpaired) electrons. The fraction of sp³-hybridized carbons (Fsp3) is 0.238. The number of aromatic nitrogens is 3. The first-order valence-electron chi connectivity index (χ1n) is 8.95. The van der Waals surface area contributed by atoms with E-state index in [9.17, 15) is 4.39 Å². The summed E-state index contributed by atoms with van der Waals surface area (Å²) in [6.45, 7) is 2.88. The fourth-order valence-electron chi connectivity index (χ4n) is 3.62. The van der Waals surface area contributed by atoms with Gasteiger partial charge in [-0.2, -0.15) is 0 Å². The summed E-state index contributed by atoms with van der Waals surface area (Å²) >= 11 is 0. The Hall–Kier alpha value is -2.83. The van der Waals surface area contributed by atoms with Gasteiger partial charge < -0.3 is 14.0 Å². The Kier molecular flexibility index (Phi) is 4.07. The van der Waals surface area contributed by atoms with Crippen LogP contribution in [0.15, 0.2) is 48.7 Å². The van der Waals surface area contributed by atoms with E-state index >= 15 is 0 Å². The zero-order valence-electron chi connectivity index (χ0n) is 14.7. The molecular weight excluding hydrogens is 345 g/mol. The van der Waals surface area contributed by atoms with E-state index in [0.717, 1.165) is 45.4 Å². The maximum absolute atomic E-state index is 13.0. The average molecular weight is 363 g/mol. The van der Waals surface area contributed by atoms with Gasteiger partial charge >= 0.3 is 0 Å². The van der Waals surface area contributed by atoms with Crippen molar-refractivity contribution >= 4 is 21.9 Å². The van der Waals surface area contributed by atoms with E-state index in [1.807, 2.05) is 18.3 Å². The molecule has 0 amide bonds. The van der Waals surface area contributed by atoms with Gasteiger partial charge in [0.15, 0.2) is 0 Å². The lowest BCUT2D eigenvalue weighted by atomic mass is 10.1. The normalized spacial score (nSPS) is 14.0. The second kappa shape index (κ2) is 6.72. The summed E-state index contributed by atoms with van der Waals surface area (Å²) in [5.74, 6) is 0.698. The summed E-state index contributed by atoms with van der Waals surface area (Å²) in [6.07, 6.45) is 1.83. The van der Waals surface area contributed by atoms with Crippen molar-refractivity contribution in [3.63, 3.8) is 0 Å². The minimum absolute atomic E-state index is 0.240. The predicted octanol–water partition coefficient (Wildman–Crippen LogP) is 3.97. The summed E-state index contributed by atoms with van der Waals surface area (Å²) < 4.78 is 26.7. The van der Waals surface area contributed by atoms with Crippen LogP contribution in [0.5, 0.6) is 0 Å². The van der Waals surface area contributed by atoms with Crippen LogP contribution in [0, 0.1) is 5.82 Å². The number of rotatable bonds is 4. The predicted molar refractivity (Wildman–Crippen MR) is 99.6 cm³/mol. The van der Waals surface area contributed by atoms with Crippen molar-refractivity contribution in [2.75, 3.05) is 6.61 Å². The summed E-state index contributed by atoms with van der Waals surface area (Å²) in [5, 5.41) is 1.08. The summed E-state index contributed by atoms with van der Waals surface area (Å²) in [7, 11) is 0. The Morgan fingerprint density at radius 3 is 2.85 bits per heavy atom. The molecule has 0 N–H and O–H groups in total. The molecule has 4 aromatic rings. The largest absolute Gasteiger partial charge is 0.372 e. The second-order valence-electron chi connectivity index (χ2n) is 6.65. The molecule has 2 aromatic heterocycles. The van der Waals surface area contributed by atoms with E-state index in [1.54, 1.807) is 12.1 Å². The third kappa shape index (κ3) is 2.97. The van der Waals surface area contributed by atoms with Gasteiger partial charge in [-0.25, -0.2) is 9.37 Å². The number of imidazole rings is 1. The number of ether oxygens (including phenoxy) is 2. The topological polar surface area (TPSA) is 49.2 Å². The van der Waals surface area contributed by atoms with E-state index in [1.165, 1.54) is 12.1 Å². The molecular formula is C21H18FN3O2. The Bertz CT molecular complexity index is 1120. The van der Waals surface area contributed by atoms with Crippen LogP contribution in [0.3, 0.4) is 0 Å². The molecule has 0 bridgehead atoms. The van der Waals surface area contributed by atoms with E-state index in [0.29, 0.717) is 26.4 Å². The number of benzene rings is 2. The van der Waals surface area contributed by atoms with Crippen LogP contribution in [0.2, 0.25) is 0 Å². The molecule has 2 aromatic carbocycles. The molecule has 6 heteroatoms. The summed E-state index contributed by atoms with van der Waals surface area (Å²) in [6, 6.07) is 12.5. The Morgan fingerprint density at radius 2 is 1.96 bits per heavy atom. The van der Waals surface area contributed by atoms with Gasteiger partial charge in [-0.3, -0.25) is 4.98 Å². The van der Waals surface area contributed by atoms with Crippen molar-refractivity contribution in [3.05, 3.63) is 71.4 Å². The van der Waals surface area contributed by atoms with Crippen molar-refractivity contribution in [1.82, 2.24) is 14.5 Å². The number of nitrogens with zero attached hydrogens (tertiary/aromatic N) is 3. The van der Waals surface area contributed by atoms with Crippen molar-refractivity contribution in [2.24, 2.45) is 0 Å². The maximum atomic E-state index is 13.0. The van der Waals surface area contributed by atoms with Gasteiger partial charge in [0.05, 0.1) is 37.1 Å². The molecule has 27 heavy (non-hydrogen) atoms. The highest BCUT2D eigenvalue weighted by Crippen LogP contribution is 2.29. The van der Waals surface area contributed by atoms with Crippen LogP contribution in [-0.2, 0) is 35.8 Å². The van der Waals surface area contributed by atoms with Crippen molar-refractivity contribution in [3.8, 4) is 0 Å². The fourth-order valence-corrected chi connectivity index (χ4v) is 3.62. The zero-order chi connectivity index (χ0) is 18.2. The lowest BCUT2D eigenvalue weighted by molar-refractivity contribution is 0.0831. The SMILES string of the molecule is Fc1ccc(COCc2cccc3ncc4nc5n(c4c23)CCOC5)cc1. The molecule has 5 nitrogen and oxygen atoms in total. The van der Waals surface area contributed by atoms with Crippen molar-refractivity contribution in [2.45, 2.75) is 26.4 Å². The molecule has 3 heterocycles. The van der Waals surface area contributed by atoms with Crippen LogP contribution in [0.4, 0.5) is 4.39 Å². The molecule has 0 saturated heterocycles. The molecule has 0 spiro atoms. The molecule has 0 unspecified atom stereocenters. The van der Waals surface area contributed by atoms with Gasteiger partial charge in [0.1, 0.15) is 23.8 Å². The quantitative estimate of drug-likeness (QED) is 0.550. The van der Waals surface area contributed by atoms with Gasteiger partial charge in [0, 0.05) is 11.9 Å². The second-order valence-corrected chi connectivity index (χ2v) is 6.65. The van der Waals surface area contributed by atoms with E-state index in [2.05, 4.69) is 20.6 Å². The summed E-state index contributed by atoms with van der Waals surface area (Å²) in [5.41, 5.74) is 4.92. The van der Waals surface area contributed by atoms with Gasteiger partial charge in [0.2, 0.25) is 0 Å². The number of hydrogen-bond acceptors (Lipinski definition) is 4. The van der Waals surface area contributed by atoms with Crippen molar-refractivity contribution in [1.29, 1.82) is 0 Å². The molecule has 0 atom stereocenters. The lowest BCUT2D eigenvalue weighted by Gasteiger charge is -2.16. The highest BCUT2D eigenvalue weighted by Gasteiger charge is 2.19. The zero-order valence-corrected chi connectivity index (χ0v) is 14.7. The Labute approximate surface area is 155 Å². The van der Waals surface area contributed by atoms with E-state index < -0.39 is 0 Å². The van der Waals surface area contributed by atoms with E-state index in [-0.39, 0.29) is 5.82 Å². The van der Waals surface area contributed by atoms with Crippen LogP contribution in [0.1, 0.15) is 17.0 Å². The molecule has 1 aliphatic rings. The number of fused-ring (bicyclic) bond motifs is 5. The average Bonchev–Trinajstić information content (AvgIpc) is 3.08. The van der Waals surface area contributed by atoms with E-state index in [4.69, 9.17) is 9.47 Å². The van der Waals surface area contributed by atoms with Crippen molar-refractivity contribution < 1.29 is 13.9 Å². The standard InChI is InChI=1S/C21H18FN3O2/c22-16-6-4-14(5-7-16)11-27-12-15-2-1-3-17-20(15)21-18(10-23-17)24-19-13-26-9-8-25(19)21/h1-7,10H,8-9,11-13H2. The first kappa shape index (κ1) is 16.4. The molecule has 0 aliphatic carbocycles. The molecule has 5 rings (SSSR count). The van der Waals surface area contributed by atoms with Crippen LogP contribution < -0.4 is 0 Å². The highest BCUT2D eigenvalue weighted by molar-refractivity contribution is 6.04. The number of pyridine rings is 1. The third-order valence-electron chi connectivity index (χ3n) is 4.90.